The number of halogens is 3. The average molecular weight is 327 g/mol. The van der Waals surface area contributed by atoms with Crippen molar-refractivity contribution >= 4 is 10.0 Å². The smallest absolute Gasteiger partial charge is 0.404 e. The molecule has 0 aromatic heterocycles. The number of sulfonamides is 1. The zero-order valence-electron chi connectivity index (χ0n) is 11.3. The molecule has 0 saturated heterocycles. The lowest BCUT2D eigenvalue weighted by molar-refractivity contribution is -0.275. The molecule has 1 aromatic rings. The van der Waals surface area contributed by atoms with Gasteiger partial charge in [-0.25, -0.2) is 8.42 Å². The zero-order chi connectivity index (χ0) is 16.1. The molecular weight excluding hydrogens is 311 g/mol. The van der Waals surface area contributed by atoms with Gasteiger partial charge in [0.15, 0.2) is 0 Å². The number of rotatable bonds is 7. The highest BCUT2D eigenvalue weighted by Gasteiger charge is 2.35. The third-order valence-electron chi connectivity index (χ3n) is 2.61. The Bertz CT molecular complexity index is 560. The number of aliphatic hydroxyl groups excluding tert-OH is 1. The van der Waals surface area contributed by atoms with E-state index in [2.05, 4.69) is 4.74 Å². The van der Waals surface area contributed by atoms with Gasteiger partial charge in [-0.05, 0) is 18.6 Å². The molecular formula is C12H16F3NO4S. The molecule has 0 saturated carbocycles. The van der Waals surface area contributed by atoms with Crippen LogP contribution in [0.15, 0.2) is 29.2 Å². The molecule has 0 amide bonds. The minimum absolute atomic E-state index is 0.00961. The maximum Gasteiger partial charge on any atom is 0.573 e. The van der Waals surface area contributed by atoms with E-state index in [1.807, 2.05) is 0 Å². The minimum atomic E-state index is -4.98. The van der Waals surface area contributed by atoms with E-state index in [1.54, 1.807) is 6.92 Å². The summed E-state index contributed by atoms with van der Waals surface area (Å²) in [6.45, 7) is 1.42. The summed E-state index contributed by atoms with van der Waals surface area (Å²) >= 11 is 0. The molecule has 21 heavy (non-hydrogen) atoms. The molecule has 1 rings (SSSR count). The molecule has 0 aliphatic carbocycles. The van der Waals surface area contributed by atoms with Crippen LogP contribution in [-0.2, 0) is 10.0 Å². The number of benzene rings is 1. The first-order chi connectivity index (χ1) is 9.72. The monoisotopic (exact) mass is 327 g/mol. The first-order valence-electron chi connectivity index (χ1n) is 6.18. The van der Waals surface area contributed by atoms with Crippen LogP contribution in [0.3, 0.4) is 0 Å². The van der Waals surface area contributed by atoms with Crippen LogP contribution in [-0.4, -0.2) is 43.9 Å². The van der Waals surface area contributed by atoms with Gasteiger partial charge in [-0.3, -0.25) is 0 Å². The van der Waals surface area contributed by atoms with E-state index in [-0.39, 0.29) is 26.1 Å². The summed E-state index contributed by atoms with van der Waals surface area (Å²) in [6, 6.07) is 4.57. The van der Waals surface area contributed by atoms with E-state index in [0.29, 0.717) is 0 Å². The van der Waals surface area contributed by atoms with Crippen molar-refractivity contribution in [2.24, 2.45) is 0 Å². The number of alkyl halides is 3. The lowest BCUT2D eigenvalue weighted by Crippen LogP contribution is -2.33. The quantitative estimate of drug-likeness (QED) is 0.831. The molecule has 120 valence electrons. The molecule has 9 heteroatoms. The molecule has 0 atom stereocenters. The molecule has 0 heterocycles. The molecule has 0 radical (unpaired) electrons. The van der Waals surface area contributed by atoms with Gasteiger partial charge in [0.1, 0.15) is 10.6 Å². The Morgan fingerprint density at radius 1 is 1.29 bits per heavy atom. The molecule has 1 aromatic carbocycles. The van der Waals surface area contributed by atoms with Crippen LogP contribution >= 0.6 is 0 Å². The SMILES string of the molecule is CCN(CCCO)S(=O)(=O)c1ccccc1OC(F)(F)F. The van der Waals surface area contributed by atoms with Crippen LogP contribution in [0.1, 0.15) is 13.3 Å². The lowest BCUT2D eigenvalue weighted by Gasteiger charge is -2.22. The number of para-hydroxylation sites is 1. The summed E-state index contributed by atoms with van der Waals surface area (Å²) in [7, 11) is -4.13. The summed E-state index contributed by atoms with van der Waals surface area (Å²) in [5.74, 6) is -0.771. The van der Waals surface area contributed by atoms with Gasteiger partial charge in [0.2, 0.25) is 10.0 Å². The van der Waals surface area contributed by atoms with E-state index in [0.717, 1.165) is 16.4 Å². The van der Waals surface area contributed by atoms with E-state index >= 15 is 0 Å². The van der Waals surface area contributed by atoms with Crippen molar-refractivity contribution in [1.82, 2.24) is 4.31 Å². The minimum Gasteiger partial charge on any atom is -0.404 e. The fourth-order valence-corrected chi connectivity index (χ4v) is 3.31. The summed E-state index contributed by atoms with van der Waals surface area (Å²) < 4.78 is 66.5. The van der Waals surface area contributed by atoms with Crippen LogP contribution in [0.25, 0.3) is 0 Å². The highest BCUT2D eigenvalue weighted by atomic mass is 32.2. The van der Waals surface area contributed by atoms with Crippen molar-refractivity contribution in [2.75, 3.05) is 19.7 Å². The molecule has 0 aliphatic heterocycles. The van der Waals surface area contributed by atoms with Gasteiger partial charge in [0, 0.05) is 19.7 Å². The van der Waals surface area contributed by atoms with E-state index in [4.69, 9.17) is 5.11 Å². The first kappa shape index (κ1) is 17.7. The normalized spacial score (nSPS) is 12.7. The Balaban J connectivity index is 3.18. The van der Waals surface area contributed by atoms with Gasteiger partial charge in [0.25, 0.3) is 0 Å². The Labute approximate surface area is 121 Å². The van der Waals surface area contributed by atoms with Crippen molar-refractivity contribution in [3.63, 3.8) is 0 Å². The summed E-state index contributed by atoms with van der Waals surface area (Å²) in [6.07, 6.45) is -4.79. The van der Waals surface area contributed by atoms with Crippen molar-refractivity contribution in [3.8, 4) is 5.75 Å². The van der Waals surface area contributed by atoms with Crippen molar-refractivity contribution in [2.45, 2.75) is 24.6 Å². The predicted octanol–water partition coefficient (Wildman–Crippen LogP) is 1.98. The van der Waals surface area contributed by atoms with Gasteiger partial charge < -0.3 is 9.84 Å². The van der Waals surface area contributed by atoms with E-state index in [1.165, 1.54) is 12.1 Å². The highest BCUT2D eigenvalue weighted by molar-refractivity contribution is 7.89. The summed E-state index contributed by atoms with van der Waals surface area (Å²) in [5.41, 5.74) is 0. The third kappa shape index (κ3) is 4.87. The van der Waals surface area contributed by atoms with Crippen LogP contribution in [0.5, 0.6) is 5.75 Å². The van der Waals surface area contributed by atoms with Crippen molar-refractivity contribution < 1.29 is 31.4 Å². The third-order valence-corrected chi connectivity index (χ3v) is 4.62. The number of hydrogen-bond donors (Lipinski definition) is 1. The van der Waals surface area contributed by atoms with E-state index in [9.17, 15) is 21.6 Å². The Morgan fingerprint density at radius 2 is 1.90 bits per heavy atom. The van der Waals surface area contributed by atoms with Gasteiger partial charge in [-0.15, -0.1) is 13.2 Å². The maximum atomic E-state index is 12.4. The maximum absolute atomic E-state index is 12.4. The van der Waals surface area contributed by atoms with Crippen molar-refractivity contribution in [3.05, 3.63) is 24.3 Å². The van der Waals surface area contributed by atoms with Crippen molar-refractivity contribution in [1.29, 1.82) is 0 Å². The highest BCUT2D eigenvalue weighted by Crippen LogP contribution is 2.31. The molecule has 1 N–H and O–H groups in total. The Hall–Kier alpha value is -1.32. The van der Waals surface area contributed by atoms with Gasteiger partial charge in [-0.2, -0.15) is 4.31 Å². The lowest BCUT2D eigenvalue weighted by atomic mass is 10.3. The zero-order valence-corrected chi connectivity index (χ0v) is 12.1. The van der Waals surface area contributed by atoms with Crippen LogP contribution in [0.2, 0.25) is 0 Å². The number of ether oxygens (including phenoxy) is 1. The second-order valence-electron chi connectivity index (χ2n) is 4.07. The van der Waals surface area contributed by atoms with Crippen LogP contribution < -0.4 is 4.74 Å². The van der Waals surface area contributed by atoms with E-state index < -0.39 is 27.0 Å². The Morgan fingerprint density at radius 3 is 2.43 bits per heavy atom. The Kier molecular flexibility index (Phi) is 5.99. The van der Waals surface area contributed by atoms with Gasteiger partial charge in [0.05, 0.1) is 0 Å². The fraction of sp³-hybridized carbons (Fsp3) is 0.500. The topological polar surface area (TPSA) is 66.8 Å². The second kappa shape index (κ2) is 7.10. The van der Waals surface area contributed by atoms with Gasteiger partial charge in [-0.1, -0.05) is 19.1 Å². The van der Waals surface area contributed by atoms with Crippen LogP contribution in [0.4, 0.5) is 13.2 Å². The first-order valence-corrected chi connectivity index (χ1v) is 7.62. The second-order valence-corrected chi connectivity index (χ2v) is 5.97. The predicted molar refractivity (Wildman–Crippen MR) is 69.3 cm³/mol. The summed E-state index contributed by atoms with van der Waals surface area (Å²) in [5, 5.41) is 8.76. The molecule has 0 unspecified atom stereocenters. The number of aliphatic hydroxyl groups is 1. The number of hydrogen-bond acceptors (Lipinski definition) is 4. The largest absolute Gasteiger partial charge is 0.573 e. The van der Waals surface area contributed by atoms with Gasteiger partial charge >= 0.3 is 6.36 Å². The fourth-order valence-electron chi connectivity index (χ4n) is 1.71. The summed E-state index contributed by atoms with van der Waals surface area (Å²) in [4.78, 5) is -0.554. The molecule has 0 spiro atoms. The average Bonchev–Trinajstić information content (AvgIpc) is 2.38. The molecule has 0 bridgehead atoms. The molecule has 0 fully saturated rings. The number of nitrogens with zero attached hydrogens (tertiary/aromatic N) is 1. The molecule has 5 nitrogen and oxygen atoms in total. The standard InChI is InChI=1S/C12H16F3NO4S/c1-2-16(8-5-9-17)21(18,19)11-7-4-3-6-10(11)20-12(13,14)15/h3-4,6-7,17H,2,5,8-9H2,1H3. The molecule has 0 aliphatic rings. The van der Waals surface area contributed by atoms with Crippen LogP contribution in [0, 0.1) is 0 Å².